The third-order valence-corrected chi connectivity index (χ3v) is 4.49. The first-order valence-electron chi connectivity index (χ1n) is 8.82. The molecule has 0 aliphatic heterocycles. The number of fused-ring (bicyclic) bond motifs is 1. The van der Waals surface area contributed by atoms with Crippen molar-refractivity contribution in [3.63, 3.8) is 0 Å². The van der Waals surface area contributed by atoms with Crippen LogP contribution in [-0.2, 0) is 11.2 Å². The molecule has 4 rings (SSSR count). The van der Waals surface area contributed by atoms with E-state index in [1.54, 1.807) is 42.7 Å². The largest absolute Gasteiger partial charge is 0.369 e. The highest BCUT2D eigenvalue weighted by atomic mass is 16.2. The Morgan fingerprint density at radius 2 is 1.64 bits per heavy atom. The van der Waals surface area contributed by atoms with E-state index >= 15 is 0 Å². The second-order valence-electron chi connectivity index (χ2n) is 6.40. The smallest absolute Gasteiger partial charge is 0.255 e. The van der Waals surface area contributed by atoms with Crippen LogP contribution < -0.4 is 11.1 Å². The summed E-state index contributed by atoms with van der Waals surface area (Å²) in [4.78, 5) is 28.2. The van der Waals surface area contributed by atoms with E-state index in [1.165, 1.54) is 0 Å². The molecule has 0 radical (unpaired) electrons. The van der Waals surface area contributed by atoms with Gasteiger partial charge in [-0.2, -0.15) is 0 Å². The first-order chi connectivity index (χ1) is 13.6. The normalized spacial score (nSPS) is 10.7. The molecular weight excluding hydrogens is 352 g/mol. The minimum atomic E-state index is -0.446. The van der Waals surface area contributed by atoms with Gasteiger partial charge in [0.2, 0.25) is 5.91 Å². The van der Waals surface area contributed by atoms with Crippen molar-refractivity contribution in [2.24, 2.45) is 5.73 Å². The maximum absolute atomic E-state index is 12.6. The molecule has 3 N–H and O–H groups in total. The van der Waals surface area contributed by atoms with Crippen LogP contribution in [0.2, 0.25) is 0 Å². The number of aromatic nitrogens is 2. The molecule has 6 nitrogen and oxygen atoms in total. The summed E-state index contributed by atoms with van der Waals surface area (Å²) in [6.45, 7) is 0. The lowest BCUT2D eigenvalue weighted by Crippen LogP contribution is -2.17. The lowest BCUT2D eigenvalue weighted by molar-refractivity contribution is -0.117. The molecule has 0 spiro atoms. The Morgan fingerprint density at radius 3 is 2.43 bits per heavy atom. The molecule has 0 aliphatic carbocycles. The highest BCUT2D eigenvalue weighted by Gasteiger charge is 2.11. The van der Waals surface area contributed by atoms with Crippen LogP contribution in [-0.4, -0.2) is 21.4 Å². The Kier molecular flexibility index (Phi) is 4.60. The minimum absolute atomic E-state index is 0.0725. The van der Waals surface area contributed by atoms with Crippen molar-refractivity contribution in [1.29, 1.82) is 0 Å². The van der Waals surface area contributed by atoms with Crippen molar-refractivity contribution < 1.29 is 9.59 Å². The van der Waals surface area contributed by atoms with E-state index in [0.717, 1.165) is 16.7 Å². The van der Waals surface area contributed by atoms with E-state index in [4.69, 9.17) is 5.73 Å². The van der Waals surface area contributed by atoms with Gasteiger partial charge in [-0.3, -0.25) is 14.2 Å². The molecule has 0 atom stereocenters. The summed E-state index contributed by atoms with van der Waals surface area (Å²) in [6.07, 6.45) is 1.84. The number of rotatable bonds is 5. The van der Waals surface area contributed by atoms with E-state index in [-0.39, 0.29) is 12.3 Å². The Bertz CT molecular complexity index is 1160. The van der Waals surface area contributed by atoms with Crippen molar-refractivity contribution in [2.75, 3.05) is 5.32 Å². The number of amides is 2. The van der Waals surface area contributed by atoms with Gasteiger partial charge in [-0.05, 0) is 48.0 Å². The van der Waals surface area contributed by atoms with E-state index in [0.29, 0.717) is 16.8 Å². The maximum Gasteiger partial charge on any atom is 0.255 e. The maximum atomic E-state index is 12.6. The second-order valence-corrected chi connectivity index (χ2v) is 6.40. The van der Waals surface area contributed by atoms with Gasteiger partial charge in [0.1, 0.15) is 6.33 Å². The molecule has 3 aromatic carbocycles. The minimum Gasteiger partial charge on any atom is -0.369 e. The predicted octanol–water partition coefficient (Wildman–Crippen LogP) is 3.31. The summed E-state index contributed by atoms with van der Waals surface area (Å²) in [5, 5.41) is 2.85. The van der Waals surface area contributed by atoms with E-state index in [1.807, 2.05) is 41.0 Å². The summed E-state index contributed by atoms with van der Waals surface area (Å²) >= 11 is 0. The van der Waals surface area contributed by atoms with Crippen LogP contribution in [0.3, 0.4) is 0 Å². The lowest BCUT2D eigenvalue weighted by Gasteiger charge is -2.11. The van der Waals surface area contributed by atoms with E-state index < -0.39 is 5.91 Å². The number of carbonyl (C=O) groups is 2. The number of nitrogens with two attached hydrogens (primary N) is 1. The average Bonchev–Trinajstić information content (AvgIpc) is 3.13. The standard InChI is InChI=1S/C22H18N4O2/c23-21(27)13-16-5-1-2-6-18(16)25-22(28)15-9-11-17(12-10-15)26-14-24-19-7-3-4-8-20(19)26/h1-12,14H,13H2,(H2,23,27)(H,25,28). The summed E-state index contributed by atoms with van der Waals surface area (Å²) in [5.41, 5.74) is 9.89. The summed E-state index contributed by atoms with van der Waals surface area (Å²) < 4.78 is 1.97. The quantitative estimate of drug-likeness (QED) is 0.565. The number of hydrogen-bond acceptors (Lipinski definition) is 3. The van der Waals surface area contributed by atoms with Crippen molar-refractivity contribution in [3.05, 3.63) is 90.3 Å². The first kappa shape index (κ1) is 17.5. The number of imidazole rings is 1. The zero-order chi connectivity index (χ0) is 19.5. The summed E-state index contributed by atoms with van der Waals surface area (Å²) in [5.74, 6) is -0.697. The van der Waals surface area contributed by atoms with Crippen LogP contribution in [0.15, 0.2) is 79.1 Å². The van der Waals surface area contributed by atoms with Crippen molar-refractivity contribution in [3.8, 4) is 5.69 Å². The Labute approximate surface area is 161 Å². The van der Waals surface area contributed by atoms with E-state index in [2.05, 4.69) is 10.3 Å². The van der Waals surface area contributed by atoms with Crippen LogP contribution >= 0.6 is 0 Å². The van der Waals surface area contributed by atoms with Gasteiger partial charge in [-0.25, -0.2) is 4.98 Å². The molecule has 0 fully saturated rings. The zero-order valence-corrected chi connectivity index (χ0v) is 15.0. The molecule has 0 unspecified atom stereocenters. The number of benzene rings is 3. The second kappa shape index (κ2) is 7.36. The molecule has 28 heavy (non-hydrogen) atoms. The fourth-order valence-corrected chi connectivity index (χ4v) is 3.12. The third kappa shape index (κ3) is 3.48. The van der Waals surface area contributed by atoms with Crippen LogP contribution in [0.5, 0.6) is 0 Å². The van der Waals surface area contributed by atoms with E-state index in [9.17, 15) is 9.59 Å². The Morgan fingerprint density at radius 1 is 0.929 bits per heavy atom. The number of nitrogens with zero attached hydrogens (tertiary/aromatic N) is 2. The Hall–Kier alpha value is -3.93. The van der Waals surface area contributed by atoms with Crippen molar-refractivity contribution >= 4 is 28.5 Å². The van der Waals surface area contributed by atoms with Gasteiger partial charge >= 0.3 is 0 Å². The van der Waals surface area contributed by atoms with Gasteiger partial charge in [0.05, 0.1) is 17.5 Å². The monoisotopic (exact) mass is 370 g/mol. The zero-order valence-electron chi connectivity index (χ0n) is 15.0. The highest BCUT2D eigenvalue weighted by molar-refractivity contribution is 6.05. The van der Waals surface area contributed by atoms with Crippen molar-refractivity contribution in [1.82, 2.24) is 9.55 Å². The van der Waals surface area contributed by atoms with Gasteiger partial charge in [0, 0.05) is 16.9 Å². The molecule has 0 saturated heterocycles. The number of hydrogen-bond donors (Lipinski definition) is 2. The van der Waals surface area contributed by atoms with Gasteiger partial charge in [0.15, 0.2) is 0 Å². The number of primary amides is 1. The van der Waals surface area contributed by atoms with Crippen LogP contribution in [0, 0.1) is 0 Å². The fraction of sp³-hybridized carbons (Fsp3) is 0.0455. The van der Waals surface area contributed by atoms with Crippen molar-refractivity contribution in [2.45, 2.75) is 6.42 Å². The SMILES string of the molecule is NC(=O)Cc1ccccc1NC(=O)c1ccc(-n2cnc3ccccc32)cc1. The van der Waals surface area contributed by atoms with Gasteiger partial charge < -0.3 is 11.1 Å². The number of carbonyl (C=O) groups excluding carboxylic acids is 2. The number of anilines is 1. The van der Waals surface area contributed by atoms with Crippen LogP contribution in [0.1, 0.15) is 15.9 Å². The molecule has 1 aromatic heterocycles. The molecule has 138 valence electrons. The van der Waals surface area contributed by atoms with Gasteiger partial charge in [-0.1, -0.05) is 30.3 Å². The van der Waals surface area contributed by atoms with Gasteiger partial charge in [-0.15, -0.1) is 0 Å². The lowest BCUT2D eigenvalue weighted by atomic mass is 10.1. The molecule has 0 aliphatic rings. The first-order valence-corrected chi connectivity index (χ1v) is 8.82. The predicted molar refractivity (Wildman–Crippen MR) is 108 cm³/mol. The molecule has 1 heterocycles. The van der Waals surface area contributed by atoms with Crippen LogP contribution in [0.4, 0.5) is 5.69 Å². The van der Waals surface area contributed by atoms with Gasteiger partial charge in [0.25, 0.3) is 5.91 Å². The molecular formula is C22H18N4O2. The fourth-order valence-electron chi connectivity index (χ4n) is 3.12. The molecule has 0 bridgehead atoms. The average molecular weight is 370 g/mol. The molecule has 2 amide bonds. The third-order valence-electron chi connectivity index (χ3n) is 4.49. The number of nitrogens with one attached hydrogen (secondary N) is 1. The molecule has 4 aromatic rings. The summed E-state index contributed by atoms with van der Waals surface area (Å²) in [6, 6.07) is 22.3. The molecule has 6 heteroatoms. The summed E-state index contributed by atoms with van der Waals surface area (Å²) in [7, 11) is 0. The number of para-hydroxylation sites is 3. The topological polar surface area (TPSA) is 90.0 Å². The van der Waals surface area contributed by atoms with Crippen LogP contribution in [0.25, 0.3) is 16.7 Å². The Balaban J connectivity index is 1.56. The molecule has 0 saturated carbocycles. The highest BCUT2D eigenvalue weighted by Crippen LogP contribution is 2.20.